The molecule has 0 saturated carbocycles. The molecule has 0 spiro atoms. The quantitative estimate of drug-likeness (QED) is 0.197. The van der Waals surface area contributed by atoms with Gasteiger partial charge in [0.2, 0.25) is 0 Å². The molecular weight excluding hydrogens is 546 g/mol. The fourth-order valence-electron chi connectivity index (χ4n) is 7.24. The predicted molar refractivity (Wildman–Crippen MR) is 186 cm³/mol. The Kier molecular flexibility index (Phi) is 5.54. The topological polar surface area (TPSA) is 38.7 Å². The van der Waals surface area contributed by atoms with E-state index < -0.39 is 0 Å². The van der Waals surface area contributed by atoms with Crippen molar-refractivity contribution in [2.24, 2.45) is 0 Å². The van der Waals surface area contributed by atoms with Crippen LogP contribution in [0, 0.1) is 0 Å². The Hall–Kier alpha value is -5.67. The average molecular weight is 576 g/mol. The van der Waals surface area contributed by atoms with E-state index >= 15 is 0 Å². The van der Waals surface area contributed by atoms with Gasteiger partial charge in [0, 0.05) is 22.1 Å². The maximum Gasteiger partial charge on any atom is 0.164 e. The summed E-state index contributed by atoms with van der Waals surface area (Å²) in [7, 11) is 0. The minimum absolute atomic E-state index is 0.115. The first-order chi connectivity index (χ1) is 22.1. The molecule has 0 fully saturated rings. The highest BCUT2D eigenvalue weighted by atomic mass is 15.0. The van der Waals surface area contributed by atoms with Gasteiger partial charge in [-0.3, -0.25) is 0 Å². The van der Waals surface area contributed by atoms with Crippen molar-refractivity contribution in [3.8, 4) is 45.3 Å². The fourth-order valence-corrected chi connectivity index (χ4v) is 7.24. The molecule has 212 valence electrons. The van der Waals surface area contributed by atoms with E-state index in [4.69, 9.17) is 15.0 Å². The van der Waals surface area contributed by atoms with Crippen molar-refractivity contribution in [1.82, 2.24) is 15.0 Å². The smallest absolute Gasteiger partial charge is 0.164 e. The van der Waals surface area contributed by atoms with Gasteiger partial charge in [0.25, 0.3) is 0 Å². The molecule has 1 aliphatic carbocycles. The van der Waals surface area contributed by atoms with Crippen LogP contribution in [0.1, 0.15) is 25.0 Å². The summed E-state index contributed by atoms with van der Waals surface area (Å²) in [5.41, 5.74) is 8.09. The van der Waals surface area contributed by atoms with Crippen LogP contribution in [0.2, 0.25) is 0 Å². The minimum atomic E-state index is -0.115. The Bertz CT molecular complexity index is 2440. The summed E-state index contributed by atoms with van der Waals surface area (Å²) in [4.78, 5) is 15.5. The molecular formula is C42H29N3. The molecule has 0 saturated heterocycles. The van der Waals surface area contributed by atoms with E-state index in [0.29, 0.717) is 17.5 Å². The largest absolute Gasteiger partial charge is 0.208 e. The molecule has 3 heteroatoms. The highest BCUT2D eigenvalue weighted by Crippen LogP contribution is 2.49. The Morgan fingerprint density at radius 3 is 1.84 bits per heavy atom. The van der Waals surface area contributed by atoms with E-state index in [1.54, 1.807) is 0 Å². The highest BCUT2D eigenvalue weighted by Gasteiger charge is 2.35. The highest BCUT2D eigenvalue weighted by molar-refractivity contribution is 6.23. The lowest BCUT2D eigenvalue weighted by Crippen LogP contribution is -2.15. The van der Waals surface area contributed by atoms with Gasteiger partial charge in [0.05, 0.1) is 0 Å². The average Bonchev–Trinajstić information content (AvgIpc) is 3.33. The van der Waals surface area contributed by atoms with Crippen LogP contribution in [0.4, 0.5) is 0 Å². The van der Waals surface area contributed by atoms with E-state index in [2.05, 4.69) is 135 Å². The van der Waals surface area contributed by atoms with E-state index in [9.17, 15) is 0 Å². The predicted octanol–water partition coefficient (Wildman–Crippen LogP) is 10.6. The summed E-state index contributed by atoms with van der Waals surface area (Å²) >= 11 is 0. The molecule has 1 heterocycles. The standard InChI is InChI=1S/C42H29N3/c1-42(2)36-19-11-10-18-32(36)33-22-21-29(25-37(33)42)40-43-39(27-13-4-3-5-14-27)44-41(45-40)35-24-28-15-7-9-17-31(28)38-30-16-8-6-12-26(30)20-23-34(35)38/h3-25H,1-2H3. The third-order valence-electron chi connectivity index (χ3n) is 9.50. The minimum Gasteiger partial charge on any atom is -0.208 e. The molecule has 0 unspecified atom stereocenters. The van der Waals surface area contributed by atoms with E-state index in [1.807, 2.05) is 18.2 Å². The number of hydrogen-bond donors (Lipinski definition) is 0. The summed E-state index contributed by atoms with van der Waals surface area (Å²) in [6.45, 7) is 4.61. The van der Waals surface area contributed by atoms with Crippen LogP contribution in [0.5, 0.6) is 0 Å². The van der Waals surface area contributed by atoms with Crippen LogP contribution in [0.3, 0.4) is 0 Å². The summed E-state index contributed by atoms with van der Waals surface area (Å²) in [5.74, 6) is 2.02. The molecule has 3 nitrogen and oxygen atoms in total. The molecule has 45 heavy (non-hydrogen) atoms. The second kappa shape index (κ2) is 9.67. The van der Waals surface area contributed by atoms with Gasteiger partial charge in [-0.2, -0.15) is 0 Å². The first-order valence-corrected chi connectivity index (χ1v) is 15.5. The summed E-state index contributed by atoms with van der Waals surface area (Å²) < 4.78 is 0. The van der Waals surface area contributed by atoms with Gasteiger partial charge in [0.15, 0.2) is 17.5 Å². The molecule has 0 aliphatic heterocycles. The van der Waals surface area contributed by atoms with Crippen molar-refractivity contribution in [1.29, 1.82) is 0 Å². The lowest BCUT2D eigenvalue weighted by Gasteiger charge is -2.21. The first-order valence-electron chi connectivity index (χ1n) is 15.5. The van der Waals surface area contributed by atoms with Crippen LogP contribution in [-0.2, 0) is 5.41 Å². The zero-order valence-corrected chi connectivity index (χ0v) is 25.1. The van der Waals surface area contributed by atoms with Crippen molar-refractivity contribution in [3.05, 3.63) is 151 Å². The molecule has 0 radical (unpaired) electrons. The van der Waals surface area contributed by atoms with Gasteiger partial charge in [0.1, 0.15) is 0 Å². The Morgan fingerprint density at radius 2 is 1.02 bits per heavy atom. The number of hydrogen-bond acceptors (Lipinski definition) is 3. The monoisotopic (exact) mass is 575 g/mol. The lowest BCUT2D eigenvalue weighted by atomic mass is 9.82. The van der Waals surface area contributed by atoms with Crippen molar-refractivity contribution in [2.45, 2.75) is 19.3 Å². The number of benzene rings is 7. The van der Waals surface area contributed by atoms with E-state index in [1.165, 1.54) is 43.8 Å². The molecule has 0 bridgehead atoms. The molecule has 7 aromatic carbocycles. The van der Waals surface area contributed by atoms with Crippen LogP contribution in [0.25, 0.3) is 77.6 Å². The van der Waals surface area contributed by atoms with Gasteiger partial charge in [-0.05, 0) is 66.7 Å². The Labute approximate surface area is 261 Å². The van der Waals surface area contributed by atoms with Crippen molar-refractivity contribution >= 4 is 32.3 Å². The van der Waals surface area contributed by atoms with Gasteiger partial charge < -0.3 is 0 Å². The number of aromatic nitrogens is 3. The van der Waals surface area contributed by atoms with E-state index in [-0.39, 0.29) is 5.41 Å². The van der Waals surface area contributed by atoms with Gasteiger partial charge in [-0.25, -0.2) is 15.0 Å². The second-order valence-electron chi connectivity index (χ2n) is 12.5. The summed E-state index contributed by atoms with van der Waals surface area (Å²) in [6, 6.07) is 49.5. The Balaban J connectivity index is 1.32. The van der Waals surface area contributed by atoms with Crippen LogP contribution in [-0.4, -0.2) is 15.0 Å². The van der Waals surface area contributed by atoms with Crippen molar-refractivity contribution in [2.75, 3.05) is 0 Å². The molecule has 0 N–H and O–H groups in total. The Morgan fingerprint density at radius 1 is 0.400 bits per heavy atom. The van der Waals surface area contributed by atoms with Crippen LogP contribution < -0.4 is 0 Å². The van der Waals surface area contributed by atoms with Gasteiger partial charge in [-0.15, -0.1) is 0 Å². The number of fused-ring (bicyclic) bond motifs is 8. The SMILES string of the molecule is CC1(C)c2ccccc2-c2ccc(-c3nc(-c4ccccc4)nc(-c4cc5ccccc5c5c4ccc4ccccc45)n3)cc21. The number of nitrogens with zero attached hydrogens (tertiary/aromatic N) is 3. The maximum atomic E-state index is 5.24. The third-order valence-corrected chi connectivity index (χ3v) is 9.50. The van der Waals surface area contributed by atoms with Crippen LogP contribution in [0.15, 0.2) is 140 Å². The van der Waals surface area contributed by atoms with Crippen molar-refractivity contribution < 1.29 is 0 Å². The van der Waals surface area contributed by atoms with Gasteiger partial charge >= 0.3 is 0 Å². The zero-order valence-electron chi connectivity index (χ0n) is 25.1. The maximum absolute atomic E-state index is 5.24. The molecule has 8 aromatic rings. The van der Waals surface area contributed by atoms with Gasteiger partial charge in [-0.1, -0.05) is 141 Å². The lowest BCUT2D eigenvalue weighted by molar-refractivity contribution is 0.660. The normalized spacial score (nSPS) is 13.3. The first kappa shape index (κ1) is 25.8. The number of rotatable bonds is 3. The zero-order chi connectivity index (χ0) is 30.1. The molecule has 9 rings (SSSR count). The third kappa shape index (κ3) is 3.94. The molecule has 0 amide bonds. The molecule has 1 aromatic heterocycles. The van der Waals surface area contributed by atoms with E-state index in [0.717, 1.165) is 27.5 Å². The second-order valence-corrected chi connectivity index (χ2v) is 12.5. The molecule has 1 aliphatic rings. The van der Waals surface area contributed by atoms with Crippen molar-refractivity contribution in [3.63, 3.8) is 0 Å². The summed E-state index contributed by atoms with van der Waals surface area (Å²) in [5, 5.41) is 7.19. The fraction of sp³-hybridized carbons (Fsp3) is 0.0714. The van der Waals surface area contributed by atoms with Crippen LogP contribution >= 0.6 is 0 Å². The molecule has 0 atom stereocenters. The summed E-state index contributed by atoms with van der Waals surface area (Å²) in [6.07, 6.45) is 0.